The molecule has 7 nitrogen and oxygen atoms in total. The fourth-order valence-electron chi connectivity index (χ4n) is 3.02. The molecule has 0 radical (unpaired) electrons. The van der Waals surface area contributed by atoms with E-state index in [2.05, 4.69) is 5.32 Å². The minimum atomic E-state index is -1.14. The summed E-state index contributed by atoms with van der Waals surface area (Å²) in [7, 11) is 1.28. The molecule has 0 fully saturated rings. The third-order valence-corrected chi connectivity index (χ3v) is 4.61. The molecule has 3 N–H and O–H groups in total. The van der Waals surface area contributed by atoms with Crippen molar-refractivity contribution in [2.45, 2.75) is 25.4 Å². The fourth-order valence-corrected chi connectivity index (χ4v) is 3.02. The van der Waals surface area contributed by atoms with Crippen molar-refractivity contribution in [1.82, 2.24) is 5.32 Å². The second kappa shape index (κ2) is 11.0. The van der Waals surface area contributed by atoms with Crippen LogP contribution >= 0.6 is 0 Å². The number of carbonyl (C=O) groups excluding carboxylic acids is 1. The largest absolute Gasteiger partial charge is 0.481 e. The molecule has 29 heavy (non-hydrogen) atoms. The number of carboxylic acid groups (broad SMARTS) is 2. The SMILES string of the molecule is CO[C@H](C[C@@H](Cc1ccc(-c2ccccc2)cc1)C(=O)NCCC(=O)O)C(=O)O. The van der Waals surface area contributed by atoms with Crippen molar-refractivity contribution in [2.24, 2.45) is 5.92 Å². The molecule has 7 heteroatoms. The highest BCUT2D eigenvalue weighted by molar-refractivity contribution is 5.81. The first-order chi connectivity index (χ1) is 13.9. The van der Waals surface area contributed by atoms with E-state index in [1.54, 1.807) is 0 Å². The third kappa shape index (κ3) is 7.04. The summed E-state index contributed by atoms with van der Waals surface area (Å²) in [5.41, 5.74) is 2.99. The average Bonchev–Trinajstić information content (AvgIpc) is 2.71. The summed E-state index contributed by atoms with van der Waals surface area (Å²) >= 11 is 0. The first kappa shape index (κ1) is 22.1. The van der Waals surface area contributed by atoms with Crippen LogP contribution in [0.15, 0.2) is 54.6 Å². The lowest BCUT2D eigenvalue weighted by Gasteiger charge is -2.20. The first-order valence-corrected chi connectivity index (χ1v) is 9.30. The molecule has 0 heterocycles. The van der Waals surface area contributed by atoms with Gasteiger partial charge in [0.2, 0.25) is 5.91 Å². The topological polar surface area (TPSA) is 113 Å². The van der Waals surface area contributed by atoms with Crippen LogP contribution in [0.4, 0.5) is 0 Å². The van der Waals surface area contributed by atoms with Gasteiger partial charge in [-0.2, -0.15) is 0 Å². The van der Waals surface area contributed by atoms with Gasteiger partial charge in [0.05, 0.1) is 6.42 Å². The smallest absolute Gasteiger partial charge is 0.332 e. The molecule has 1 amide bonds. The van der Waals surface area contributed by atoms with Gasteiger partial charge in [0.15, 0.2) is 6.10 Å². The van der Waals surface area contributed by atoms with E-state index in [1.807, 2.05) is 54.6 Å². The maximum atomic E-state index is 12.5. The molecule has 2 atom stereocenters. The Morgan fingerprint density at radius 2 is 1.59 bits per heavy atom. The van der Waals surface area contributed by atoms with E-state index >= 15 is 0 Å². The number of ether oxygens (including phenoxy) is 1. The number of hydrogen-bond donors (Lipinski definition) is 3. The molecule has 0 aliphatic heterocycles. The summed E-state index contributed by atoms with van der Waals surface area (Å²) in [5, 5.41) is 20.5. The van der Waals surface area contributed by atoms with Crippen molar-refractivity contribution in [3.8, 4) is 11.1 Å². The summed E-state index contributed by atoms with van der Waals surface area (Å²) in [6.07, 6.45) is -1.00. The highest BCUT2D eigenvalue weighted by Gasteiger charge is 2.27. The molecule has 154 valence electrons. The molecule has 0 saturated carbocycles. The Hall–Kier alpha value is -3.19. The van der Waals surface area contributed by atoms with Gasteiger partial charge in [-0.15, -0.1) is 0 Å². The van der Waals surface area contributed by atoms with Crippen LogP contribution in [-0.2, 0) is 25.5 Å². The Balaban J connectivity index is 2.11. The number of carboxylic acids is 2. The van der Waals surface area contributed by atoms with Crippen molar-refractivity contribution >= 4 is 17.8 Å². The zero-order valence-electron chi connectivity index (χ0n) is 16.2. The zero-order chi connectivity index (χ0) is 21.2. The Kier molecular flexibility index (Phi) is 8.36. The lowest BCUT2D eigenvalue weighted by Crippen LogP contribution is -2.37. The van der Waals surface area contributed by atoms with Gasteiger partial charge in [-0.3, -0.25) is 9.59 Å². The monoisotopic (exact) mass is 399 g/mol. The van der Waals surface area contributed by atoms with Crippen LogP contribution in [0, 0.1) is 5.92 Å². The van der Waals surface area contributed by atoms with Gasteiger partial charge in [0, 0.05) is 19.6 Å². The van der Waals surface area contributed by atoms with Crippen molar-refractivity contribution in [3.05, 3.63) is 60.2 Å². The summed E-state index contributed by atoms with van der Waals surface area (Å²) in [5.74, 6) is -3.21. The Morgan fingerprint density at radius 1 is 0.966 bits per heavy atom. The predicted octanol–water partition coefficient (Wildman–Crippen LogP) is 2.59. The van der Waals surface area contributed by atoms with Gasteiger partial charge < -0.3 is 20.3 Å². The Bertz CT molecular complexity index is 819. The Labute approximate surface area is 169 Å². The van der Waals surface area contributed by atoms with Crippen LogP contribution in [0.1, 0.15) is 18.4 Å². The molecule has 2 aromatic rings. The van der Waals surface area contributed by atoms with Crippen molar-refractivity contribution in [3.63, 3.8) is 0 Å². The fraction of sp³-hybridized carbons (Fsp3) is 0.318. The third-order valence-electron chi connectivity index (χ3n) is 4.61. The number of carbonyl (C=O) groups is 3. The molecule has 0 saturated heterocycles. The lowest BCUT2D eigenvalue weighted by molar-refractivity contribution is -0.150. The van der Waals surface area contributed by atoms with Crippen LogP contribution in [0.5, 0.6) is 0 Å². The molecule has 2 aromatic carbocycles. The maximum Gasteiger partial charge on any atom is 0.332 e. The molecule has 0 unspecified atom stereocenters. The van der Waals surface area contributed by atoms with Crippen LogP contribution < -0.4 is 5.32 Å². The molecular weight excluding hydrogens is 374 g/mol. The van der Waals surface area contributed by atoms with Crippen LogP contribution in [0.3, 0.4) is 0 Å². The number of rotatable bonds is 11. The van der Waals surface area contributed by atoms with E-state index in [4.69, 9.17) is 9.84 Å². The van der Waals surface area contributed by atoms with Gasteiger partial charge in [-0.25, -0.2) is 4.79 Å². The summed E-state index contributed by atoms with van der Waals surface area (Å²) in [6, 6.07) is 17.6. The van der Waals surface area contributed by atoms with E-state index in [0.29, 0.717) is 6.42 Å². The van der Waals surface area contributed by atoms with Gasteiger partial charge in [0.1, 0.15) is 0 Å². The number of nitrogens with one attached hydrogen (secondary N) is 1. The highest BCUT2D eigenvalue weighted by Crippen LogP contribution is 2.22. The predicted molar refractivity (Wildman–Crippen MR) is 107 cm³/mol. The number of methoxy groups -OCH3 is 1. The van der Waals surface area contributed by atoms with E-state index in [-0.39, 0.29) is 25.3 Å². The Morgan fingerprint density at radius 3 is 2.14 bits per heavy atom. The van der Waals surface area contributed by atoms with Crippen LogP contribution in [-0.4, -0.2) is 47.8 Å². The van der Waals surface area contributed by atoms with Crippen LogP contribution in [0.2, 0.25) is 0 Å². The van der Waals surface area contributed by atoms with Crippen LogP contribution in [0.25, 0.3) is 11.1 Å². The lowest BCUT2D eigenvalue weighted by atomic mass is 9.91. The molecular formula is C22H25NO6. The number of aliphatic carboxylic acids is 2. The van der Waals surface area contributed by atoms with Crippen molar-refractivity contribution in [2.75, 3.05) is 13.7 Å². The van der Waals surface area contributed by atoms with Gasteiger partial charge in [0.25, 0.3) is 0 Å². The molecule has 0 bridgehead atoms. The number of amides is 1. The summed E-state index contributed by atoms with van der Waals surface area (Å²) in [4.78, 5) is 34.5. The summed E-state index contributed by atoms with van der Waals surface area (Å²) < 4.78 is 4.98. The quantitative estimate of drug-likeness (QED) is 0.535. The van der Waals surface area contributed by atoms with E-state index in [0.717, 1.165) is 16.7 Å². The van der Waals surface area contributed by atoms with Gasteiger partial charge in [-0.1, -0.05) is 54.6 Å². The summed E-state index contributed by atoms with van der Waals surface area (Å²) in [6.45, 7) is -0.0116. The first-order valence-electron chi connectivity index (χ1n) is 9.30. The van der Waals surface area contributed by atoms with Crippen molar-refractivity contribution in [1.29, 1.82) is 0 Å². The standard InChI is InChI=1S/C22H25NO6/c1-29-19(22(27)28)14-18(21(26)23-12-11-20(24)25)13-15-7-9-17(10-8-15)16-5-3-2-4-6-16/h2-10,18-19H,11-14H2,1H3,(H,23,26)(H,24,25)(H,27,28)/t18-,19-/m1/s1. The average molecular weight is 399 g/mol. The molecule has 0 spiro atoms. The molecule has 0 aliphatic rings. The van der Waals surface area contributed by atoms with E-state index < -0.39 is 24.0 Å². The van der Waals surface area contributed by atoms with E-state index in [1.165, 1.54) is 7.11 Å². The number of hydrogen-bond acceptors (Lipinski definition) is 4. The van der Waals surface area contributed by atoms with Gasteiger partial charge >= 0.3 is 11.9 Å². The second-order valence-electron chi connectivity index (χ2n) is 6.70. The second-order valence-corrected chi connectivity index (χ2v) is 6.70. The number of benzene rings is 2. The highest BCUT2D eigenvalue weighted by atomic mass is 16.5. The minimum Gasteiger partial charge on any atom is -0.481 e. The molecule has 0 aromatic heterocycles. The molecule has 2 rings (SSSR count). The van der Waals surface area contributed by atoms with Crippen molar-refractivity contribution < 1.29 is 29.3 Å². The maximum absolute atomic E-state index is 12.5. The van der Waals surface area contributed by atoms with E-state index in [9.17, 15) is 19.5 Å². The van der Waals surface area contributed by atoms with Gasteiger partial charge in [-0.05, 0) is 29.5 Å². The zero-order valence-corrected chi connectivity index (χ0v) is 16.2. The minimum absolute atomic E-state index is 0.00876. The molecule has 0 aliphatic carbocycles. The normalized spacial score (nSPS) is 12.7.